The maximum Gasteiger partial charge on any atom is 0.337 e. The fourth-order valence-corrected chi connectivity index (χ4v) is 2.58. The Hall–Kier alpha value is -1.58. The Balaban J connectivity index is 2.69. The summed E-state index contributed by atoms with van der Waals surface area (Å²) in [5.41, 5.74) is 5.44. The molecule has 6 nitrogen and oxygen atoms in total. The number of rotatable bonds is 7. The first-order valence-corrected chi connectivity index (χ1v) is 7.57. The summed E-state index contributed by atoms with van der Waals surface area (Å²) >= 11 is 0. The highest BCUT2D eigenvalue weighted by Crippen LogP contribution is 2.12. The molecule has 9 heteroatoms. The monoisotopic (exact) mass is 322 g/mol. The van der Waals surface area contributed by atoms with Crippen molar-refractivity contribution in [2.24, 2.45) is 5.73 Å². The van der Waals surface area contributed by atoms with E-state index in [0.29, 0.717) is 5.56 Å². The zero-order valence-corrected chi connectivity index (χ0v) is 12.1. The molecule has 21 heavy (non-hydrogen) atoms. The quantitative estimate of drug-likeness (QED) is 0.712. The number of ether oxygens (including phenoxy) is 1. The van der Waals surface area contributed by atoms with E-state index in [1.165, 1.54) is 31.4 Å². The predicted molar refractivity (Wildman–Crippen MR) is 72.4 cm³/mol. The summed E-state index contributed by atoms with van der Waals surface area (Å²) < 4.78 is 55.4. The second-order valence-corrected chi connectivity index (χ2v) is 6.14. The van der Waals surface area contributed by atoms with Crippen molar-refractivity contribution in [3.05, 3.63) is 35.4 Å². The highest BCUT2D eigenvalue weighted by Gasteiger charge is 2.28. The van der Waals surface area contributed by atoms with Crippen LogP contribution in [0.15, 0.2) is 24.3 Å². The van der Waals surface area contributed by atoms with Crippen molar-refractivity contribution >= 4 is 16.0 Å². The third-order valence-corrected chi connectivity index (χ3v) is 3.88. The van der Waals surface area contributed by atoms with Gasteiger partial charge in [-0.25, -0.2) is 26.7 Å². The number of carbonyl (C=O) groups excluding carboxylic acids is 1. The standard InChI is InChI=1S/C12H16F2N2O4S/c1-20-11(17)10-4-2-9(3-5-10)6-21(18,19)16-8-12(13,14)7-15/h2-5,16H,6-8,15H2,1H3. The van der Waals surface area contributed by atoms with Crippen molar-refractivity contribution in [2.45, 2.75) is 11.7 Å². The number of esters is 1. The first kappa shape index (κ1) is 17.5. The SMILES string of the molecule is COC(=O)c1ccc(CS(=O)(=O)NCC(F)(F)CN)cc1. The minimum absolute atomic E-state index is 0.265. The van der Waals surface area contributed by atoms with Gasteiger partial charge < -0.3 is 10.5 Å². The van der Waals surface area contributed by atoms with E-state index in [1.54, 1.807) is 4.72 Å². The normalized spacial score (nSPS) is 12.2. The minimum atomic E-state index is -3.92. The summed E-state index contributed by atoms with van der Waals surface area (Å²) in [7, 11) is -2.69. The molecule has 0 spiro atoms. The van der Waals surface area contributed by atoms with Crippen molar-refractivity contribution in [3.8, 4) is 0 Å². The van der Waals surface area contributed by atoms with Gasteiger partial charge in [-0.3, -0.25) is 0 Å². The molecule has 0 fully saturated rings. The molecule has 0 atom stereocenters. The molecule has 0 heterocycles. The van der Waals surface area contributed by atoms with E-state index in [2.05, 4.69) is 4.74 Å². The number of carbonyl (C=O) groups is 1. The average Bonchev–Trinajstić information content (AvgIpc) is 2.45. The largest absolute Gasteiger partial charge is 0.465 e. The summed E-state index contributed by atoms with van der Waals surface area (Å²) in [4.78, 5) is 11.2. The minimum Gasteiger partial charge on any atom is -0.465 e. The topological polar surface area (TPSA) is 98.5 Å². The predicted octanol–water partition coefficient (Wildman–Crippen LogP) is 0.487. The van der Waals surface area contributed by atoms with Crippen LogP contribution in [0.2, 0.25) is 0 Å². The van der Waals surface area contributed by atoms with Gasteiger partial charge in [0.15, 0.2) is 0 Å². The Labute approximate surface area is 121 Å². The van der Waals surface area contributed by atoms with E-state index >= 15 is 0 Å². The van der Waals surface area contributed by atoms with Gasteiger partial charge in [-0.2, -0.15) is 0 Å². The van der Waals surface area contributed by atoms with Crippen molar-refractivity contribution in [1.82, 2.24) is 4.72 Å². The molecule has 0 saturated heterocycles. The molecule has 1 aromatic carbocycles. The Morgan fingerprint density at radius 1 is 1.33 bits per heavy atom. The van der Waals surface area contributed by atoms with E-state index < -0.39 is 40.8 Å². The molecule has 0 unspecified atom stereocenters. The third-order valence-electron chi connectivity index (χ3n) is 2.58. The van der Waals surface area contributed by atoms with Gasteiger partial charge in [-0.15, -0.1) is 0 Å². The van der Waals surface area contributed by atoms with Crippen LogP contribution in [0.1, 0.15) is 15.9 Å². The highest BCUT2D eigenvalue weighted by atomic mass is 32.2. The molecule has 0 aliphatic heterocycles. The van der Waals surface area contributed by atoms with Crippen LogP contribution in [-0.4, -0.2) is 40.5 Å². The number of benzene rings is 1. The number of hydrogen-bond acceptors (Lipinski definition) is 5. The second kappa shape index (κ2) is 6.92. The number of methoxy groups -OCH3 is 1. The molecule has 1 aromatic rings. The highest BCUT2D eigenvalue weighted by molar-refractivity contribution is 7.88. The fraction of sp³-hybridized carbons (Fsp3) is 0.417. The van der Waals surface area contributed by atoms with Gasteiger partial charge in [0.1, 0.15) is 0 Å². The van der Waals surface area contributed by atoms with Crippen LogP contribution in [0.25, 0.3) is 0 Å². The summed E-state index contributed by atoms with van der Waals surface area (Å²) in [6, 6.07) is 5.61. The van der Waals surface area contributed by atoms with E-state index in [4.69, 9.17) is 5.73 Å². The lowest BCUT2D eigenvalue weighted by molar-refractivity contribution is 0.0170. The van der Waals surface area contributed by atoms with Crippen LogP contribution < -0.4 is 10.5 Å². The second-order valence-electron chi connectivity index (χ2n) is 4.33. The number of alkyl halides is 2. The van der Waals surface area contributed by atoms with Gasteiger partial charge in [0.2, 0.25) is 10.0 Å². The Morgan fingerprint density at radius 2 is 1.90 bits per heavy atom. The molecule has 0 amide bonds. The van der Waals surface area contributed by atoms with Gasteiger partial charge in [0, 0.05) is 0 Å². The summed E-state index contributed by atoms with van der Waals surface area (Å²) in [5, 5.41) is 0. The van der Waals surface area contributed by atoms with Crippen LogP contribution in [-0.2, 0) is 20.5 Å². The zero-order chi connectivity index (χ0) is 16.1. The molecule has 1 rings (SSSR count). The van der Waals surface area contributed by atoms with Crippen molar-refractivity contribution in [2.75, 3.05) is 20.2 Å². The molecule has 0 saturated carbocycles. The van der Waals surface area contributed by atoms with E-state index in [0.717, 1.165) is 0 Å². The van der Waals surface area contributed by atoms with Gasteiger partial charge in [0.25, 0.3) is 5.92 Å². The lowest BCUT2D eigenvalue weighted by Gasteiger charge is -2.14. The molecule has 0 aromatic heterocycles. The summed E-state index contributed by atoms with van der Waals surface area (Å²) in [5.74, 6) is -4.32. The zero-order valence-electron chi connectivity index (χ0n) is 11.3. The van der Waals surface area contributed by atoms with Crippen LogP contribution in [0.4, 0.5) is 8.78 Å². The lowest BCUT2D eigenvalue weighted by Crippen LogP contribution is -2.41. The van der Waals surface area contributed by atoms with Crippen molar-refractivity contribution in [3.63, 3.8) is 0 Å². The maximum absolute atomic E-state index is 12.9. The molecule has 0 aliphatic carbocycles. The van der Waals surface area contributed by atoms with Crippen molar-refractivity contribution < 1.29 is 26.7 Å². The Kier molecular flexibility index (Phi) is 5.76. The number of hydrogen-bond donors (Lipinski definition) is 2. The lowest BCUT2D eigenvalue weighted by atomic mass is 10.1. The number of nitrogens with two attached hydrogens (primary N) is 1. The third kappa shape index (κ3) is 5.74. The van der Waals surface area contributed by atoms with Crippen LogP contribution in [0, 0.1) is 0 Å². The maximum atomic E-state index is 12.9. The smallest absolute Gasteiger partial charge is 0.337 e. The average molecular weight is 322 g/mol. The number of halogens is 2. The van der Waals surface area contributed by atoms with Crippen LogP contribution in [0.3, 0.4) is 0 Å². The fourth-order valence-electron chi connectivity index (χ4n) is 1.41. The van der Waals surface area contributed by atoms with Crippen LogP contribution in [0.5, 0.6) is 0 Å². The first-order chi connectivity index (χ1) is 9.69. The molecule has 0 radical (unpaired) electrons. The molecular formula is C12H16F2N2O4S. The van der Waals surface area contributed by atoms with Crippen molar-refractivity contribution in [1.29, 1.82) is 0 Å². The molecule has 0 bridgehead atoms. The van der Waals surface area contributed by atoms with E-state index in [9.17, 15) is 22.0 Å². The van der Waals surface area contributed by atoms with Gasteiger partial charge in [0.05, 0.1) is 31.5 Å². The summed E-state index contributed by atoms with van der Waals surface area (Å²) in [6.07, 6.45) is 0. The molecule has 118 valence electrons. The number of nitrogens with one attached hydrogen (secondary N) is 1. The Bertz CT molecular complexity index is 588. The van der Waals surface area contributed by atoms with Gasteiger partial charge in [-0.05, 0) is 17.7 Å². The van der Waals surface area contributed by atoms with Gasteiger partial charge in [-0.1, -0.05) is 12.1 Å². The van der Waals surface area contributed by atoms with Gasteiger partial charge >= 0.3 is 5.97 Å². The summed E-state index contributed by atoms with van der Waals surface area (Å²) in [6.45, 7) is -1.99. The molecule has 0 aliphatic rings. The molecular weight excluding hydrogens is 306 g/mol. The van der Waals surface area contributed by atoms with E-state index in [1.807, 2.05) is 0 Å². The van der Waals surface area contributed by atoms with E-state index in [-0.39, 0.29) is 5.56 Å². The van der Waals surface area contributed by atoms with Crippen LogP contribution >= 0.6 is 0 Å². The Morgan fingerprint density at radius 3 is 2.38 bits per heavy atom. The first-order valence-electron chi connectivity index (χ1n) is 5.91. The number of sulfonamides is 1. The molecule has 3 N–H and O–H groups in total.